The molecule has 1 fully saturated rings. The Morgan fingerprint density at radius 1 is 1.11 bits per heavy atom. The molecule has 0 bridgehead atoms. The van der Waals surface area contributed by atoms with E-state index in [2.05, 4.69) is 10.3 Å². The fourth-order valence-corrected chi connectivity index (χ4v) is 4.73. The Bertz CT molecular complexity index is 1220. The molecule has 6 nitrogen and oxygen atoms in total. The van der Waals surface area contributed by atoms with Gasteiger partial charge in [0.25, 0.3) is 0 Å². The van der Waals surface area contributed by atoms with Crippen molar-refractivity contribution in [3.8, 4) is 5.75 Å². The maximum absolute atomic E-state index is 13.2. The number of thioether (sulfide) groups is 1. The highest BCUT2D eigenvalue weighted by Gasteiger charge is 2.35. The highest BCUT2D eigenvalue weighted by atomic mass is 35.5. The molecule has 1 saturated heterocycles. The van der Waals surface area contributed by atoms with E-state index in [0.29, 0.717) is 40.3 Å². The van der Waals surface area contributed by atoms with Crippen molar-refractivity contribution in [1.82, 2.24) is 4.90 Å². The predicted octanol–water partition coefficient (Wildman–Crippen LogP) is 5.69. The molecular weight excluding hydrogens is 489 g/mol. The zero-order chi connectivity index (χ0) is 24.8. The molecule has 0 aromatic heterocycles. The lowest BCUT2D eigenvalue weighted by Gasteiger charge is -2.32. The number of rotatable bonds is 7. The molecule has 0 radical (unpaired) electrons. The lowest BCUT2D eigenvalue weighted by Crippen LogP contribution is -2.46. The van der Waals surface area contributed by atoms with Crippen molar-refractivity contribution in [2.45, 2.75) is 18.1 Å². The molecule has 1 aliphatic heterocycles. The second-order valence-corrected chi connectivity index (χ2v) is 9.43. The Kier molecular flexibility index (Phi) is 8.05. The van der Waals surface area contributed by atoms with Crippen molar-refractivity contribution in [3.05, 3.63) is 89.2 Å². The molecule has 9 heteroatoms. The Labute approximate surface area is 212 Å². The number of anilines is 1. The van der Waals surface area contributed by atoms with Crippen molar-refractivity contribution < 1.29 is 18.7 Å². The van der Waals surface area contributed by atoms with Gasteiger partial charge in [0.1, 0.15) is 16.8 Å². The SMILES string of the molecule is COc1ccc(NC(=O)C2CC(=O)N(CCc3ccc(F)cc3)C(=Nc3ccc(Cl)cc3)S2)cc1. The van der Waals surface area contributed by atoms with Gasteiger partial charge in [0, 0.05) is 23.7 Å². The summed E-state index contributed by atoms with van der Waals surface area (Å²) in [5.41, 5.74) is 2.13. The van der Waals surface area contributed by atoms with Gasteiger partial charge in [-0.15, -0.1) is 0 Å². The van der Waals surface area contributed by atoms with Crippen LogP contribution in [-0.2, 0) is 16.0 Å². The second kappa shape index (κ2) is 11.4. The molecule has 1 heterocycles. The van der Waals surface area contributed by atoms with Crippen LogP contribution in [0.2, 0.25) is 5.02 Å². The Hall–Kier alpha value is -3.36. The lowest BCUT2D eigenvalue weighted by atomic mass is 10.1. The van der Waals surface area contributed by atoms with Gasteiger partial charge in [-0.2, -0.15) is 0 Å². The van der Waals surface area contributed by atoms with E-state index in [1.807, 2.05) is 0 Å². The molecule has 3 aromatic rings. The van der Waals surface area contributed by atoms with Crippen molar-refractivity contribution >= 4 is 51.7 Å². The van der Waals surface area contributed by atoms with Gasteiger partial charge in [-0.05, 0) is 72.6 Å². The second-order valence-electron chi connectivity index (χ2n) is 7.82. The normalized spacial score (nSPS) is 16.9. The minimum absolute atomic E-state index is 0.0374. The molecule has 2 amide bonds. The fourth-order valence-electron chi connectivity index (χ4n) is 3.48. The van der Waals surface area contributed by atoms with E-state index in [-0.39, 0.29) is 24.1 Å². The predicted molar refractivity (Wildman–Crippen MR) is 138 cm³/mol. The van der Waals surface area contributed by atoms with Crippen molar-refractivity contribution in [2.24, 2.45) is 4.99 Å². The zero-order valence-electron chi connectivity index (χ0n) is 18.9. The quantitative estimate of drug-likeness (QED) is 0.442. The zero-order valence-corrected chi connectivity index (χ0v) is 20.5. The first-order valence-electron chi connectivity index (χ1n) is 10.9. The number of benzene rings is 3. The average Bonchev–Trinajstić information content (AvgIpc) is 2.86. The van der Waals surface area contributed by atoms with E-state index >= 15 is 0 Å². The minimum atomic E-state index is -0.641. The van der Waals surface area contributed by atoms with Crippen molar-refractivity contribution in [1.29, 1.82) is 0 Å². The number of aliphatic imine (C=N–C) groups is 1. The number of carbonyl (C=O) groups excluding carboxylic acids is 2. The Morgan fingerprint density at radius 3 is 2.46 bits per heavy atom. The van der Waals surface area contributed by atoms with E-state index in [1.54, 1.807) is 72.7 Å². The topological polar surface area (TPSA) is 71.0 Å². The summed E-state index contributed by atoms with van der Waals surface area (Å²) in [5.74, 6) is -0.113. The average molecular weight is 512 g/mol. The summed E-state index contributed by atoms with van der Waals surface area (Å²) in [5, 5.41) is 3.22. The summed E-state index contributed by atoms with van der Waals surface area (Å²) < 4.78 is 18.4. The number of nitrogens with zero attached hydrogens (tertiary/aromatic N) is 2. The van der Waals surface area contributed by atoms with Gasteiger partial charge in [-0.25, -0.2) is 9.38 Å². The molecule has 3 aromatic carbocycles. The number of halogens is 2. The number of amides is 2. The van der Waals surface area contributed by atoms with Crippen LogP contribution in [0.15, 0.2) is 77.8 Å². The van der Waals surface area contributed by atoms with Gasteiger partial charge in [0.2, 0.25) is 11.8 Å². The van der Waals surface area contributed by atoms with Gasteiger partial charge >= 0.3 is 0 Å². The molecule has 0 saturated carbocycles. The maximum atomic E-state index is 13.2. The summed E-state index contributed by atoms with van der Waals surface area (Å²) in [4.78, 5) is 32.3. The third-order valence-corrected chi connectivity index (χ3v) is 6.82. The molecular formula is C26H23ClFN3O3S. The van der Waals surface area contributed by atoms with Crippen LogP contribution in [-0.4, -0.2) is 40.8 Å². The van der Waals surface area contributed by atoms with Crippen LogP contribution in [0.25, 0.3) is 0 Å². The molecule has 0 aliphatic carbocycles. The van der Waals surface area contributed by atoms with Gasteiger partial charge in [0.05, 0.1) is 12.8 Å². The third-order valence-electron chi connectivity index (χ3n) is 5.38. The number of hydrogen-bond donors (Lipinski definition) is 1. The van der Waals surface area contributed by atoms with Crippen LogP contribution in [0, 0.1) is 5.82 Å². The molecule has 4 rings (SSSR count). The molecule has 1 aliphatic rings. The highest BCUT2D eigenvalue weighted by molar-refractivity contribution is 8.15. The van der Waals surface area contributed by atoms with Crippen molar-refractivity contribution in [2.75, 3.05) is 19.0 Å². The number of hydrogen-bond acceptors (Lipinski definition) is 5. The summed E-state index contributed by atoms with van der Waals surface area (Å²) in [6, 6.07) is 20.1. The van der Waals surface area contributed by atoms with Crippen LogP contribution >= 0.6 is 23.4 Å². The third kappa shape index (κ3) is 6.61. The van der Waals surface area contributed by atoms with Gasteiger partial charge < -0.3 is 10.1 Å². The monoisotopic (exact) mass is 511 g/mol. The first kappa shape index (κ1) is 24.8. The molecule has 1 unspecified atom stereocenters. The smallest absolute Gasteiger partial charge is 0.238 e. The summed E-state index contributed by atoms with van der Waals surface area (Å²) in [6.45, 7) is 0.358. The minimum Gasteiger partial charge on any atom is -0.497 e. The van der Waals surface area contributed by atoms with Crippen LogP contribution in [0.3, 0.4) is 0 Å². The largest absolute Gasteiger partial charge is 0.497 e. The number of nitrogens with one attached hydrogen (secondary N) is 1. The molecule has 1 N–H and O–H groups in total. The van der Waals surface area contributed by atoms with Crippen LogP contribution in [0.4, 0.5) is 15.8 Å². The number of methoxy groups -OCH3 is 1. The summed E-state index contributed by atoms with van der Waals surface area (Å²) >= 11 is 7.23. The van der Waals surface area contributed by atoms with E-state index in [4.69, 9.17) is 16.3 Å². The molecule has 180 valence electrons. The number of amidine groups is 1. The lowest BCUT2D eigenvalue weighted by molar-refractivity contribution is -0.129. The van der Waals surface area contributed by atoms with E-state index in [1.165, 1.54) is 23.9 Å². The van der Waals surface area contributed by atoms with Crippen LogP contribution < -0.4 is 10.1 Å². The van der Waals surface area contributed by atoms with E-state index in [9.17, 15) is 14.0 Å². The summed E-state index contributed by atoms with van der Waals surface area (Å²) in [7, 11) is 1.57. The number of carbonyl (C=O) groups is 2. The first-order chi connectivity index (χ1) is 16.9. The van der Waals surface area contributed by atoms with Gasteiger partial charge in [-0.1, -0.05) is 35.5 Å². The molecule has 1 atom stereocenters. The van der Waals surface area contributed by atoms with Gasteiger partial charge in [0.15, 0.2) is 5.17 Å². The fraction of sp³-hybridized carbons (Fsp3) is 0.192. The highest BCUT2D eigenvalue weighted by Crippen LogP contribution is 2.30. The standard InChI is InChI=1S/C26H23ClFN3O3S/c1-34-22-12-10-20(11-13-22)29-25(33)23-16-24(32)31(15-14-17-2-6-19(28)7-3-17)26(35-23)30-21-8-4-18(27)5-9-21/h2-13,23H,14-16H2,1H3,(H,29,33). The van der Waals surface area contributed by atoms with Gasteiger partial charge in [-0.3, -0.25) is 14.5 Å². The molecule has 35 heavy (non-hydrogen) atoms. The van der Waals surface area contributed by atoms with E-state index in [0.717, 1.165) is 5.56 Å². The van der Waals surface area contributed by atoms with Crippen molar-refractivity contribution in [3.63, 3.8) is 0 Å². The maximum Gasteiger partial charge on any atom is 0.238 e. The first-order valence-corrected chi connectivity index (χ1v) is 12.2. The van der Waals surface area contributed by atoms with Crippen LogP contribution in [0.5, 0.6) is 5.75 Å². The van der Waals surface area contributed by atoms with E-state index < -0.39 is 5.25 Å². The Morgan fingerprint density at radius 2 is 1.80 bits per heavy atom. The summed E-state index contributed by atoms with van der Waals surface area (Å²) in [6.07, 6.45) is 0.560. The Balaban J connectivity index is 1.53. The molecule has 0 spiro atoms. The number of ether oxygens (including phenoxy) is 1. The van der Waals surface area contributed by atoms with Crippen LogP contribution in [0.1, 0.15) is 12.0 Å².